The first-order valence-electron chi connectivity index (χ1n) is 12.5. The van der Waals surface area contributed by atoms with E-state index in [0.29, 0.717) is 13.0 Å². The minimum absolute atomic E-state index is 0.0300. The predicted molar refractivity (Wildman–Crippen MR) is 133 cm³/mol. The Bertz CT molecular complexity index is 1370. The van der Waals surface area contributed by atoms with Crippen molar-refractivity contribution in [3.05, 3.63) is 29.0 Å². The van der Waals surface area contributed by atoms with Crippen LogP contribution in [0.25, 0.3) is 10.9 Å². The molecule has 3 rings (SSSR count). The fourth-order valence-corrected chi connectivity index (χ4v) is 4.70. The summed E-state index contributed by atoms with van der Waals surface area (Å²) in [4.78, 5) is 40.3. The normalized spacial score (nSPS) is 17.5. The van der Waals surface area contributed by atoms with Crippen molar-refractivity contribution in [1.82, 2.24) is 20.9 Å². The molecule has 3 atom stereocenters. The molecule has 0 saturated carbocycles. The third-order valence-electron chi connectivity index (χ3n) is 6.53. The van der Waals surface area contributed by atoms with E-state index < -0.39 is 81.1 Å². The lowest BCUT2D eigenvalue weighted by Crippen LogP contribution is -2.51. The number of nitriles is 1. The van der Waals surface area contributed by atoms with Gasteiger partial charge < -0.3 is 25.7 Å². The van der Waals surface area contributed by atoms with Gasteiger partial charge in [0.1, 0.15) is 23.5 Å². The van der Waals surface area contributed by atoms with Crippen LogP contribution < -0.4 is 20.7 Å². The molecule has 2 aromatic rings. The van der Waals surface area contributed by atoms with Gasteiger partial charge in [-0.15, -0.1) is 0 Å². The number of ether oxygens (including phenoxy) is 1. The van der Waals surface area contributed by atoms with Crippen LogP contribution in [0.3, 0.4) is 0 Å². The van der Waals surface area contributed by atoms with Gasteiger partial charge in [-0.1, -0.05) is 20.8 Å². The molecule has 41 heavy (non-hydrogen) atoms. The summed E-state index contributed by atoms with van der Waals surface area (Å²) < 4.78 is 87.0. The molecule has 9 nitrogen and oxygen atoms in total. The standard InChI is InChI=1S/C26H29F6N5O4/c1-24(2,3)10-17(23(40)35-13(11-33)7-12-5-6-34-21(12)38)37-22(39)16-8-14-18(41-4)9-15(25(27,28)29)19(20(14)36-16)26(30,31)32/h8-9,12-13,17,36H,5-7,10H2,1-4H3,(H,34,38)(H,35,40)(H,37,39)/t12-,13-,17-/m0/s1. The molecule has 1 saturated heterocycles. The third kappa shape index (κ3) is 7.42. The Morgan fingerprint density at radius 3 is 2.27 bits per heavy atom. The molecule has 1 aromatic heterocycles. The van der Waals surface area contributed by atoms with E-state index in [1.54, 1.807) is 20.8 Å². The van der Waals surface area contributed by atoms with Crippen LogP contribution in [0.15, 0.2) is 12.1 Å². The number of aromatic nitrogens is 1. The van der Waals surface area contributed by atoms with Crippen molar-refractivity contribution in [3.63, 3.8) is 0 Å². The lowest BCUT2D eigenvalue weighted by atomic mass is 9.87. The van der Waals surface area contributed by atoms with E-state index in [-0.39, 0.29) is 24.8 Å². The van der Waals surface area contributed by atoms with Gasteiger partial charge in [0.25, 0.3) is 5.91 Å². The maximum Gasteiger partial charge on any atom is 0.419 e. The molecule has 0 bridgehead atoms. The maximum atomic E-state index is 13.8. The molecule has 0 aliphatic carbocycles. The first kappa shape index (κ1) is 31.6. The zero-order valence-electron chi connectivity index (χ0n) is 22.6. The lowest BCUT2D eigenvalue weighted by molar-refractivity contribution is -0.161. The smallest absolute Gasteiger partial charge is 0.419 e. The molecular formula is C26H29F6N5O4. The highest BCUT2D eigenvalue weighted by Crippen LogP contribution is 2.46. The van der Waals surface area contributed by atoms with Crippen LogP contribution in [0.4, 0.5) is 26.3 Å². The highest BCUT2D eigenvalue weighted by atomic mass is 19.4. The molecule has 1 fully saturated rings. The number of aromatic amines is 1. The zero-order valence-corrected chi connectivity index (χ0v) is 22.6. The summed E-state index contributed by atoms with van der Waals surface area (Å²) in [6.45, 7) is 5.71. The second-order valence-electron chi connectivity index (χ2n) is 11.0. The van der Waals surface area contributed by atoms with E-state index in [1.165, 1.54) is 0 Å². The quantitative estimate of drug-likeness (QED) is 0.341. The molecule has 0 radical (unpaired) electrons. The van der Waals surface area contributed by atoms with Crippen molar-refractivity contribution in [2.75, 3.05) is 13.7 Å². The van der Waals surface area contributed by atoms with Crippen molar-refractivity contribution in [2.24, 2.45) is 11.3 Å². The summed E-state index contributed by atoms with van der Waals surface area (Å²) in [5.41, 5.74) is -6.12. The van der Waals surface area contributed by atoms with Gasteiger partial charge in [-0.25, -0.2) is 0 Å². The fraction of sp³-hybridized carbons (Fsp3) is 0.538. The summed E-state index contributed by atoms with van der Waals surface area (Å²) in [6, 6.07) is 0.677. The zero-order chi connectivity index (χ0) is 30.9. The Morgan fingerprint density at radius 1 is 1.12 bits per heavy atom. The van der Waals surface area contributed by atoms with Crippen LogP contribution in [-0.2, 0) is 21.9 Å². The number of rotatable bonds is 8. The van der Waals surface area contributed by atoms with E-state index >= 15 is 0 Å². The van der Waals surface area contributed by atoms with Crippen molar-refractivity contribution in [1.29, 1.82) is 5.26 Å². The van der Waals surface area contributed by atoms with E-state index in [2.05, 4.69) is 20.9 Å². The Morgan fingerprint density at radius 2 is 1.78 bits per heavy atom. The number of benzene rings is 1. The number of amides is 3. The minimum atomic E-state index is -5.44. The average molecular weight is 590 g/mol. The number of H-pyrrole nitrogens is 1. The molecule has 4 N–H and O–H groups in total. The van der Waals surface area contributed by atoms with Gasteiger partial charge in [0.15, 0.2) is 0 Å². The van der Waals surface area contributed by atoms with E-state index in [9.17, 15) is 46.0 Å². The van der Waals surface area contributed by atoms with E-state index in [4.69, 9.17) is 4.74 Å². The van der Waals surface area contributed by atoms with Crippen molar-refractivity contribution in [3.8, 4) is 11.8 Å². The summed E-state index contributed by atoms with van der Waals surface area (Å²) in [6.07, 6.45) is -10.3. The van der Waals surface area contributed by atoms with Crippen molar-refractivity contribution in [2.45, 2.75) is 64.5 Å². The topological polar surface area (TPSA) is 136 Å². The largest absolute Gasteiger partial charge is 0.496 e. The highest BCUT2D eigenvalue weighted by Gasteiger charge is 2.46. The number of hydrogen-bond acceptors (Lipinski definition) is 5. The Balaban J connectivity index is 1.96. The molecule has 3 amide bonds. The molecule has 224 valence electrons. The molecule has 1 aromatic carbocycles. The Labute approximate surface area is 231 Å². The van der Waals surface area contributed by atoms with Crippen molar-refractivity contribution >= 4 is 28.6 Å². The average Bonchev–Trinajstić information content (AvgIpc) is 3.46. The van der Waals surface area contributed by atoms with Crippen LogP contribution in [0, 0.1) is 22.7 Å². The second kappa shape index (κ2) is 11.5. The summed E-state index contributed by atoms with van der Waals surface area (Å²) >= 11 is 0. The van der Waals surface area contributed by atoms with Gasteiger partial charge in [-0.3, -0.25) is 14.4 Å². The SMILES string of the molecule is COc1cc(C(F)(F)F)c(C(F)(F)F)c2[nH]c(C(=O)N[C@@H](CC(C)(C)C)C(=O)N[C@H](C#N)C[C@@H]3CCNC3=O)cc12. The van der Waals surface area contributed by atoms with Gasteiger partial charge in [-0.2, -0.15) is 31.6 Å². The van der Waals surface area contributed by atoms with Gasteiger partial charge in [-0.05, 0) is 36.8 Å². The first-order chi connectivity index (χ1) is 18.9. The molecule has 1 aliphatic heterocycles. The van der Waals surface area contributed by atoms with Crippen LogP contribution in [0.5, 0.6) is 5.75 Å². The van der Waals surface area contributed by atoms with Gasteiger partial charge in [0.2, 0.25) is 11.8 Å². The number of nitrogens with zero attached hydrogens (tertiary/aromatic N) is 1. The summed E-state index contributed by atoms with van der Waals surface area (Å²) in [7, 11) is 0.972. The number of fused-ring (bicyclic) bond motifs is 1. The second-order valence-corrected chi connectivity index (χ2v) is 11.0. The van der Waals surface area contributed by atoms with Crippen LogP contribution in [0.2, 0.25) is 0 Å². The monoisotopic (exact) mass is 589 g/mol. The molecule has 2 heterocycles. The van der Waals surface area contributed by atoms with Gasteiger partial charge in [0.05, 0.1) is 29.8 Å². The molecule has 0 unspecified atom stereocenters. The van der Waals surface area contributed by atoms with Gasteiger partial charge in [0, 0.05) is 17.8 Å². The van der Waals surface area contributed by atoms with Crippen LogP contribution in [0.1, 0.15) is 61.6 Å². The Hall–Kier alpha value is -3.96. The molecule has 1 aliphatic rings. The van der Waals surface area contributed by atoms with Crippen molar-refractivity contribution < 1.29 is 45.5 Å². The number of carbonyl (C=O) groups excluding carboxylic acids is 3. The fourth-order valence-electron chi connectivity index (χ4n) is 4.70. The van der Waals surface area contributed by atoms with E-state index in [1.807, 2.05) is 6.07 Å². The van der Waals surface area contributed by atoms with Crippen LogP contribution in [-0.4, -0.2) is 48.4 Å². The third-order valence-corrected chi connectivity index (χ3v) is 6.53. The highest BCUT2D eigenvalue weighted by molar-refractivity contribution is 6.02. The maximum absolute atomic E-state index is 13.8. The summed E-state index contributed by atoms with van der Waals surface area (Å²) in [5, 5.41) is 16.6. The number of hydrogen-bond donors (Lipinski definition) is 4. The molecule has 15 heteroatoms. The lowest BCUT2D eigenvalue weighted by Gasteiger charge is -2.27. The minimum Gasteiger partial charge on any atom is -0.496 e. The number of carbonyl (C=O) groups is 3. The number of nitrogens with one attached hydrogen (secondary N) is 4. The molecular weight excluding hydrogens is 560 g/mol. The summed E-state index contributed by atoms with van der Waals surface area (Å²) in [5.74, 6) is -3.13. The van der Waals surface area contributed by atoms with Gasteiger partial charge >= 0.3 is 12.4 Å². The molecule has 0 spiro atoms. The van der Waals surface area contributed by atoms with Crippen LogP contribution >= 0.6 is 0 Å². The Kier molecular flexibility index (Phi) is 8.85. The number of methoxy groups -OCH3 is 1. The number of alkyl halides is 6. The number of halogens is 6. The van der Waals surface area contributed by atoms with E-state index in [0.717, 1.165) is 13.2 Å². The first-order valence-corrected chi connectivity index (χ1v) is 12.5. The predicted octanol–water partition coefficient (Wildman–Crippen LogP) is 4.28.